The van der Waals surface area contributed by atoms with Crippen LogP contribution in [0.25, 0.3) is 22.2 Å². The van der Waals surface area contributed by atoms with Gasteiger partial charge in [-0.2, -0.15) is 9.78 Å². The minimum atomic E-state index is -0.296. The number of nitrogens with zero attached hydrogens (tertiary/aromatic N) is 4. The number of phenols is 1. The molecule has 0 bridgehead atoms. The predicted molar refractivity (Wildman–Crippen MR) is 143 cm³/mol. The maximum atomic E-state index is 13.2. The highest BCUT2D eigenvalue weighted by molar-refractivity contribution is 6.10. The molecule has 0 aliphatic carbocycles. The first-order valence-electron chi connectivity index (χ1n) is 12.4. The molecule has 0 fully saturated rings. The number of hydrogen-bond acceptors (Lipinski definition) is 7. The number of unbranched alkanes of at least 4 members (excludes halogenated alkanes) is 4. The first-order chi connectivity index (χ1) is 17.5. The van der Waals surface area contributed by atoms with Crippen molar-refractivity contribution in [2.45, 2.75) is 46.0 Å². The van der Waals surface area contributed by atoms with Crippen LogP contribution in [0.4, 0.5) is 5.82 Å². The summed E-state index contributed by atoms with van der Waals surface area (Å²) in [7, 11) is 0. The molecule has 9 heteroatoms. The fraction of sp³-hybridized carbons (Fsp3) is 0.333. The number of phenolic OH excluding ortho intramolecular Hbond substituents is 1. The molecule has 0 unspecified atom stereocenters. The van der Waals surface area contributed by atoms with E-state index in [1.807, 2.05) is 31.2 Å². The zero-order valence-corrected chi connectivity index (χ0v) is 20.7. The van der Waals surface area contributed by atoms with Gasteiger partial charge in [0.05, 0.1) is 23.9 Å². The number of amides is 1. The Hall–Kier alpha value is -4.14. The molecular formula is C27H32N6O3. The Kier molecular flexibility index (Phi) is 7.99. The van der Waals surface area contributed by atoms with Gasteiger partial charge >= 0.3 is 0 Å². The number of para-hydroxylation sites is 2. The molecule has 1 amide bonds. The molecule has 0 radical (unpaired) electrons. The van der Waals surface area contributed by atoms with Crippen LogP contribution in [0.5, 0.6) is 11.5 Å². The van der Waals surface area contributed by atoms with Crippen LogP contribution >= 0.6 is 0 Å². The molecule has 2 heterocycles. The van der Waals surface area contributed by atoms with Gasteiger partial charge in [0.2, 0.25) is 0 Å². The zero-order chi connectivity index (χ0) is 25.5. The number of benzene rings is 2. The Morgan fingerprint density at radius 2 is 1.86 bits per heavy atom. The number of nitrogens with one attached hydrogen (secondary N) is 1. The van der Waals surface area contributed by atoms with Crippen molar-refractivity contribution in [2.24, 2.45) is 5.10 Å². The number of anilines is 1. The molecule has 188 valence electrons. The molecule has 4 rings (SSSR count). The van der Waals surface area contributed by atoms with Crippen molar-refractivity contribution < 1.29 is 14.6 Å². The highest BCUT2D eigenvalue weighted by Crippen LogP contribution is 2.29. The minimum Gasteiger partial charge on any atom is -0.504 e. The van der Waals surface area contributed by atoms with Gasteiger partial charge in [0.25, 0.3) is 5.91 Å². The lowest BCUT2D eigenvalue weighted by molar-refractivity contribution is 0.0955. The van der Waals surface area contributed by atoms with Crippen LogP contribution in [0.3, 0.4) is 0 Å². The number of hydrogen-bond donors (Lipinski definition) is 3. The molecule has 0 aliphatic heterocycles. The third-order valence-electron chi connectivity index (χ3n) is 5.87. The van der Waals surface area contributed by atoms with E-state index in [0.717, 1.165) is 19.3 Å². The lowest BCUT2D eigenvalue weighted by atomic mass is 10.1. The highest BCUT2D eigenvalue weighted by atomic mass is 16.5. The van der Waals surface area contributed by atoms with E-state index in [-0.39, 0.29) is 23.0 Å². The van der Waals surface area contributed by atoms with E-state index in [1.54, 1.807) is 18.3 Å². The van der Waals surface area contributed by atoms with Gasteiger partial charge in [-0.25, -0.2) is 9.97 Å². The van der Waals surface area contributed by atoms with E-state index in [4.69, 9.17) is 20.4 Å². The Balaban J connectivity index is 1.70. The lowest BCUT2D eigenvalue weighted by Gasteiger charge is -2.06. The quantitative estimate of drug-likeness (QED) is 0.204. The van der Waals surface area contributed by atoms with Crippen molar-refractivity contribution >= 4 is 40.1 Å². The van der Waals surface area contributed by atoms with E-state index in [0.29, 0.717) is 46.7 Å². The van der Waals surface area contributed by atoms with Crippen molar-refractivity contribution in [1.82, 2.24) is 20.0 Å². The molecule has 2 aromatic carbocycles. The molecule has 4 aromatic rings. The molecule has 4 N–H and O–H groups in total. The number of rotatable bonds is 11. The summed E-state index contributed by atoms with van der Waals surface area (Å²) >= 11 is 0. The second-order valence-electron chi connectivity index (χ2n) is 8.53. The molecule has 9 nitrogen and oxygen atoms in total. The molecule has 0 saturated carbocycles. The molecule has 0 saturated heterocycles. The summed E-state index contributed by atoms with van der Waals surface area (Å²) in [6.45, 7) is 5.00. The van der Waals surface area contributed by atoms with Crippen molar-refractivity contribution in [3.05, 3.63) is 53.6 Å². The number of nitrogen functional groups attached to an aromatic ring is 1. The van der Waals surface area contributed by atoms with Crippen molar-refractivity contribution in [3.8, 4) is 11.5 Å². The summed E-state index contributed by atoms with van der Waals surface area (Å²) in [6, 6.07) is 12.4. The minimum absolute atomic E-state index is 0.0471. The number of ether oxygens (including phenoxy) is 1. The Morgan fingerprint density at radius 3 is 2.61 bits per heavy atom. The molecule has 2 aromatic heterocycles. The molecule has 0 spiro atoms. The monoisotopic (exact) mass is 488 g/mol. The van der Waals surface area contributed by atoms with E-state index < -0.39 is 0 Å². The van der Waals surface area contributed by atoms with Crippen molar-refractivity contribution in [2.75, 3.05) is 18.9 Å². The van der Waals surface area contributed by atoms with Gasteiger partial charge in [-0.15, -0.1) is 0 Å². The number of aromatic hydroxyl groups is 1. The van der Waals surface area contributed by atoms with E-state index >= 15 is 0 Å². The normalized spacial score (nSPS) is 11.5. The summed E-state index contributed by atoms with van der Waals surface area (Å²) in [5, 5.41) is 17.5. The topological polar surface area (TPSA) is 128 Å². The smallest absolute Gasteiger partial charge is 0.257 e. The molecular weight excluding hydrogens is 456 g/mol. The molecule has 36 heavy (non-hydrogen) atoms. The SMILES string of the molecule is CCCCCCCNC(=O)c1c(N)n(N=Cc2ccc(O)c(OCC)c2)c2nc3ccccc3nc12. The highest BCUT2D eigenvalue weighted by Gasteiger charge is 2.23. The third kappa shape index (κ3) is 5.40. The van der Waals surface area contributed by atoms with Gasteiger partial charge in [0.15, 0.2) is 17.1 Å². The standard InChI is InChI=1S/C27H32N6O3/c1-3-5-6-7-10-15-29-27(35)23-24-26(32-20-12-9-8-11-19(20)31-24)33(25(23)28)30-17-18-13-14-21(34)22(16-18)36-4-2/h8-9,11-14,16-17,34H,3-7,10,15,28H2,1-2H3,(H,29,35). The van der Waals surface area contributed by atoms with Crippen LogP contribution in [0.15, 0.2) is 47.6 Å². The summed E-state index contributed by atoms with van der Waals surface area (Å²) in [4.78, 5) is 22.6. The maximum Gasteiger partial charge on any atom is 0.257 e. The van der Waals surface area contributed by atoms with Gasteiger partial charge in [0, 0.05) is 6.54 Å². The van der Waals surface area contributed by atoms with Crippen LogP contribution < -0.4 is 15.8 Å². The van der Waals surface area contributed by atoms with Crippen LogP contribution in [-0.2, 0) is 0 Å². The van der Waals surface area contributed by atoms with Crippen molar-refractivity contribution in [1.29, 1.82) is 0 Å². The second-order valence-corrected chi connectivity index (χ2v) is 8.53. The first-order valence-corrected chi connectivity index (χ1v) is 12.4. The fourth-order valence-electron chi connectivity index (χ4n) is 4.01. The summed E-state index contributed by atoms with van der Waals surface area (Å²) in [6.07, 6.45) is 7.07. The number of carbonyl (C=O) groups excluding carboxylic acids is 1. The molecule has 0 atom stereocenters. The van der Waals surface area contributed by atoms with Gasteiger partial charge in [-0.05, 0) is 49.2 Å². The summed E-state index contributed by atoms with van der Waals surface area (Å²) in [5.41, 5.74) is 9.52. The third-order valence-corrected chi connectivity index (χ3v) is 5.87. The van der Waals surface area contributed by atoms with E-state index in [2.05, 4.69) is 17.3 Å². The second kappa shape index (κ2) is 11.5. The van der Waals surface area contributed by atoms with Crippen LogP contribution in [0.1, 0.15) is 61.9 Å². The summed E-state index contributed by atoms with van der Waals surface area (Å²) < 4.78 is 6.89. The van der Waals surface area contributed by atoms with Crippen molar-refractivity contribution in [3.63, 3.8) is 0 Å². The fourth-order valence-corrected chi connectivity index (χ4v) is 4.01. The Labute approximate surface area is 210 Å². The van der Waals surface area contributed by atoms with Crippen LogP contribution in [0, 0.1) is 0 Å². The predicted octanol–water partition coefficient (Wildman–Crippen LogP) is 4.85. The Morgan fingerprint density at radius 1 is 1.11 bits per heavy atom. The largest absolute Gasteiger partial charge is 0.504 e. The van der Waals surface area contributed by atoms with Crippen LogP contribution in [0.2, 0.25) is 0 Å². The van der Waals surface area contributed by atoms with Gasteiger partial charge in [-0.3, -0.25) is 4.79 Å². The first kappa shape index (κ1) is 25.0. The molecule has 0 aliphatic rings. The number of nitrogens with two attached hydrogens (primary N) is 1. The van der Waals surface area contributed by atoms with Gasteiger partial charge in [-0.1, -0.05) is 44.7 Å². The average molecular weight is 489 g/mol. The zero-order valence-electron chi connectivity index (χ0n) is 20.7. The average Bonchev–Trinajstić information content (AvgIpc) is 3.15. The van der Waals surface area contributed by atoms with E-state index in [1.165, 1.54) is 23.6 Å². The van der Waals surface area contributed by atoms with Gasteiger partial charge < -0.3 is 20.9 Å². The lowest BCUT2D eigenvalue weighted by Crippen LogP contribution is -2.25. The summed E-state index contributed by atoms with van der Waals surface area (Å²) in [5.74, 6) is 0.265. The number of carbonyl (C=O) groups is 1. The van der Waals surface area contributed by atoms with E-state index in [9.17, 15) is 9.90 Å². The maximum absolute atomic E-state index is 13.2. The Bertz CT molecular complexity index is 1400. The number of fused-ring (bicyclic) bond motifs is 2. The van der Waals surface area contributed by atoms with Gasteiger partial charge in [0.1, 0.15) is 16.9 Å². The van der Waals surface area contributed by atoms with Crippen LogP contribution in [-0.4, -0.2) is 45.0 Å². The number of aromatic nitrogens is 3.